The van der Waals surface area contributed by atoms with Crippen LogP contribution in [0.1, 0.15) is 11.5 Å². The van der Waals surface area contributed by atoms with Crippen LogP contribution in [0.15, 0.2) is 58.2 Å². The number of nitrogens with two attached hydrogens (primary N) is 1. The summed E-state index contributed by atoms with van der Waals surface area (Å²) >= 11 is 3.27. The molecule has 1 aromatic carbocycles. The van der Waals surface area contributed by atoms with Crippen LogP contribution in [0.5, 0.6) is 0 Å². The second-order valence-corrected chi connectivity index (χ2v) is 8.53. The van der Waals surface area contributed by atoms with Gasteiger partial charge in [0.2, 0.25) is 10.0 Å². The van der Waals surface area contributed by atoms with Gasteiger partial charge in [-0.1, -0.05) is 30.3 Å². The van der Waals surface area contributed by atoms with E-state index >= 15 is 0 Å². The molecule has 3 rings (SSSR count). The number of sulfonamides is 1. The molecule has 1 saturated heterocycles. The highest BCUT2D eigenvalue weighted by Crippen LogP contribution is 2.35. The summed E-state index contributed by atoms with van der Waals surface area (Å²) < 4.78 is 27.9. The predicted molar refractivity (Wildman–Crippen MR) is 99.7 cm³/mol. The Balaban J connectivity index is 0.00000208. The van der Waals surface area contributed by atoms with E-state index in [0.29, 0.717) is 24.1 Å². The van der Waals surface area contributed by atoms with E-state index in [1.165, 1.54) is 10.5 Å². The van der Waals surface area contributed by atoms with Crippen LogP contribution < -0.4 is 5.73 Å². The van der Waals surface area contributed by atoms with E-state index < -0.39 is 10.0 Å². The number of hydrogen-bond acceptors (Lipinski definition) is 4. The first-order valence-corrected chi connectivity index (χ1v) is 9.61. The van der Waals surface area contributed by atoms with Crippen molar-refractivity contribution in [1.82, 2.24) is 9.29 Å². The minimum atomic E-state index is -3.56. The Labute approximate surface area is 156 Å². The van der Waals surface area contributed by atoms with Gasteiger partial charge >= 0.3 is 0 Å². The molecule has 0 aliphatic carbocycles. The van der Waals surface area contributed by atoms with Gasteiger partial charge in [0.05, 0.1) is 0 Å². The molecule has 2 heterocycles. The summed E-state index contributed by atoms with van der Waals surface area (Å²) in [6.07, 6.45) is 2.95. The van der Waals surface area contributed by atoms with Crippen LogP contribution in [0.4, 0.5) is 0 Å². The molecule has 24 heavy (non-hydrogen) atoms. The normalized spacial score (nSPS) is 21.4. The Bertz CT molecular complexity index is 789. The number of halogens is 2. The van der Waals surface area contributed by atoms with Crippen LogP contribution in [0.2, 0.25) is 0 Å². The molecule has 0 radical (unpaired) electrons. The molecule has 2 N–H and O–H groups in total. The van der Waals surface area contributed by atoms with Crippen molar-refractivity contribution in [3.8, 4) is 0 Å². The molecule has 1 aliphatic heterocycles. The molecule has 0 saturated carbocycles. The minimum absolute atomic E-state index is 0. The Morgan fingerprint density at radius 2 is 1.92 bits per heavy atom. The van der Waals surface area contributed by atoms with Crippen LogP contribution >= 0.6 is 28.3 Å². The molecule has 2 atom stereocenters. The second kappa shape index (κ2) is 7.93. The minimum Gasteiger partial charge on any atom is -0.330 e. The van der Waals surface area contributed by atoms with Crippen LogP contribution in [0.3, 0.4) is 0 Å². The average Bonchev–Trinajstić information content (AvgIpc) is 3.01. The van der Waals surface area contributed by atoms with E-state index in [1.807, 2.05) is 30.3 Å². The van der Waals surface area contributed by atoms with Crippen molar-refractivity contribution in [2.75, 3.05) is 19.6 Å². The van der Waals surface area contributed by atoms with Crippen LogP contribution in [0, 0.1) is 5.92 Å². The fraction of sp³-hybridized carbons (Fsp3) is 0.312. The third-order valence-corrected chi connectivity index (χ3v) is 6.49. The highest BCUT2D eigenvalue weighted by atomic mass is 79.9. The molecule has 1 aliphatic rings. The van der Waals surface area contributed by atoms with Gasteiger partial charge < -0.3 is 5.73 Å². The fourth-order valence-electron chi connectivity index (χ4n) is 3.03. The van der Waals surface area contributed by atoms with Gasteiger partial charge in [0.1, 0.15) is 4.90 Å². The first-order valence-electron chi connectivity index (χ1n) is 7.38. The average molecular weight is 433 g/mol. The lowest BCUT2D eigenvalue weighted by Crippen LogP contribution is -2.30. The summed E-state index contributed by atoms with van der Waals surface area (Å²) in [5.41, 5.74) is 7.02. The van der Waals surface area contributed by atoms with Crippen LogP contribution in [-0.4, -0.2) is 37.3 Å². The fourth-order valence-corrected chi connectivity index (χ4v) is 5.06. The lowest BCUT2D eigenvalue weighted by molar-refractivity contribution is 0.458. The zero-order valence-electron chi connectivity index (χ0n) is 12.9. The highest BCUT2D eigenvalue weighted by Gasteiger charge is 2.39. The molecule has 1 aromatic heterocycles. The maximum atomic E-state index is 12.8. The molecule has 2 aromatic rings. The molecule has 130 valence electrons. The van der Waals surface area contributed by atoms with Crippen molar-refractivity contribution in [2.45, 2.75) is 10.8 Å². The third-order valence-electron chi connectivity index (χ3n) is 4.26. The van der Waals surface area contributed by atoms with E-state index in [4.69, 9.17) is 5.73 Å². The first kappa shape index (κ1) is 19.3. The van der Waals surface area contributed by atoms with Gasteiger partial charge in [-0.15, -0.1) is 12.4 Å². The molecule has 0 unspecified atom stereocenters. The topological polar surface area (TPSA) is 76.3 Å². The van der Waals surface area contributed by atoms with Gasteiger partial charge in [0.25, 0.3) is 0 Å². The summed E-state index contributed by atoms with van der Waals surface area (Å²) in [6, 6.07) is 11.5. The quantitative estimate of drug-likeness (QED) is 0.806. The molecule has 0 spiro atoms. The molecule has 1 fully saturated rings. The van der Waals surface area contributed by atoms with E-state index in [2.05, 4.69) is 20.9 Å². The summed E-state index contributed by atoms with van der Waals surface area (Å²) in [4.78, 5) is 4.17. The van der Waals surface area contributed by atoms with Gasteiger partial charge in [-0.05, 0) is 40.0 Å². The van der Waals surface area contributed by atoms with Crippen molar-refractivity contribution < 1.29 is 8.42 Å². The van der Waals surface area contributed by atoms with E-state index in [1.54, 1.807) is 12.3 Å². The third kappa shape index (κ3) is 3.81. The van der Waals surface area contributed by atoms with Gasteiger partial charge in [-0.25, -0.2) is 8.42 Å². The number of aromatic nitrogens is 1. The van der Waals surface area contributed by atoms with Crippen molar-refractivity contribution in [3.63, 3.8) is 0 Å². The Hall–Kier alpha value is -0.990. The summed E-state index contributed by atoms with van der Waals surface area (Å²) in [5.74, 6) is 0.239. The highest BCUT2D eigenvalue weighted by molar-refractivity contribution is 9.10. The maximum absolute atomic E-state index is 12.8. The monoisotopic (exact) mass is 431 g/mol. The lowest BCUT2D eigenvalue weighted by Gasteiger charge is -2.17. The zero-order valence-corrected chi connectivity index (χ0v) is 16.1. The summed E-state index contributed by atoms with van der Waals surface area (Å²) in [6.45, 7) is 1.34. The molecule has 0 bridgehead atoms. The van der Waals surface area contributed by atoms with Crippen molar-refractivity contribution >= 4 is 38.4 Å². The van der Waals surface area contributed by atoms with Gasteiger partial charge in [0.15, 0.2) is 0 Å². The Kier molecular flexibility index (Phi) is 6.39. The first-order chi connectivity index (χ1) is 11.0. The predicted octanol–water partition coefficient (Wildman–Crippen LogP) is 2.63. The largest absolute Gasteiger partial charge is 0.330 e. The number of rotatable bonds is 4. The summed E-state index contributed by atoms with van der Waals surface area (Å²) in [7, 11) is -3.56. The maximum Gasteiger partial charge on any atom is 0.244 e. The lowest BCUT2D eigenvalue weighted by atomic mass is 9.89. The van der Waals surface area contributed by atoms with Crippen molar-refractivity contribution in [3.05, 3.63) is 58.8 Å². The SMILES string of the molecule is Cl.NC[C@@H]1CN(S(=O)(=O)c2cncc(Br)c2)C[C@H]1c1ccccc1. The molecule has 5 nitrogen and oxygen atoms in total. The number of pyridine rings is 1. The molecule has 0 amide bonds. The second-order valence-electron chi connectivity index (χ2n) is 5.67. The number of benzene rings is 1. The van der Waals surface area contributed by atoms with E-state index in [-0.39, 0.29) is 29.1 Å². The number of nitrogens with zero attached hydrogens (tertiary/aromatic N) is 2. The van der Waals surface area contributed by atoms with Gasteiger partial charge in [-0.2, -0.15) is 4.31 Å². The molecule has 8 heteroatoms. The molecular formula is C16H19BrClN3O2S. The van der Waals surface area contributed by atoms with Crippen molar-refractivity contribution in [2.24, 2.45) is 11.7 Å². The van der Waals surface area contributed by atoms with Crippen molar-refractivity contribution in [1.29, 1.82) is 0 Å². The van der Waals surface area contributed by atoms with Gasteiger partial charge in [0, 0.05) is 35.9 Å². The van der Waals surface area contributed by atoms with Crippen LogP contribution in [-0.2, 0) is 10.0 Å². The smallest absolute Gasteiger partial charge is 0.244 e. The standard InChI is InChI=1S/C16H18BrN3O2S.ClH/c17-14-6-15(9-19-8-14)23(21,22)20-10-13(7-18)16(11-20)12-4-2-1-3-5-12;/h1-6,8-9,13,16H,7,10-11,18H2;1H/t13-,16+;/m1./s1. The molecular weight excluding hydrogens is 414 g/mol. The Morgan fingerprint density at radius 1 is 1.21 bits per heavy atom. The summed E-state index contributed by atoms with van der Waals surface area (Å²) in [5, 5.41) is 0. The van der Waals surface area contributed by atoms with E-state index in [0.717, 1.165) is 5.56 Å². The Morgan fingerprint density at radius 3 is 2.54 bits per heavy atom. The van der Waals surface area contributed by atoms with E-state index in [9.17, 15) is 8.42 Å². The zero-order chi connectivity index (χ0) is 16.4. The number of hydrogen-bond donors (Lipinski definition) is 1. The van der Waals surface area contributed by atoms with Crippen LogP contribution in [0.25, 0.3) is 0 Å². The van der Waals surface area contributed by atoms with Gasteiger partial charge in [-0.3, -0.25) is 4.98 Å².